The number of aliphatic carboxylic acids is 1. The fourth-order valence-electron chi connectivity index (χ4n) is 1.92. The Balaban J connectivity index is 1.72. The van der Waals surface area contributed by atoms with Gasteiger partial charge in [-0.05, 0) is 0 Å². The van der Waals surface area contributed by atoms with Gasteiger partial charge >= 0.3 is 12.0 Å². The van der Waals surface area contributed by atoms with Crippen molar-refractivity contribution in [1.82, 2.24) is 20.4 Å². The molecule has 9 nitrogen and oxygen atoms in total. The minimum Gasteiger partial charge on any atom is -0.481 e. The van der Waals surface area contributed by atoms with Gasteiger partial charge in [-0.1, -0.05) is 5.16 Å². The molecule has 0 radical (unpaired) electrons. The summed E-state index contributed by atoms with van der Waals surface area (Å²) >= 11 is 0. The van der Waals surface area contributed by atoms with Gasteiger partial charge in [-0.3, -0.25) is 4.79 Å². The molecule has 20 heavy (non-hydrogen) atoms. The van der Waals surface area contributed by atoms with Crippen LogP contribution in [0.3, 0.4) is 0 Å². The highest BCUT2D eigenvalue weighted by molar-refractivity contribution is 5.74. The smallest absolute Gasteiger partial charge is 0.317 e. The molecular formula is C11H16N4O5. The molecule has 9 heteroatoms. The fourth-order valence-corrected chi connectivity index (χ4v) is 1.92. The van der Waals surface area contributed by atoms with Crippen molar-refractivity contribution in [1.29, 1.82) is 0 Å². The summed E-state index contributed by atoms with van der Waals surface area (Å²) in [6.07, 6.45) is 1.15. The molecule has 110 valence electrons. The number of nitrogens with one attached hydrogen (secondary N) is 1. The molecule has 1 aromatic rings. The zero-order valence-electron chi connectivity index (χ0n) is 10.8. The van der Waals surface area contributed by atoms with E-state index in [-0.39, 0.29) is 19.0 Å². The number of ether oxygens (including phenoxy) is 1. The van der Waals surface area contributed by atoms with Gasteiger partial charge in [0.15, 0.2) is 5.82 Å². The van der Waals surface area contributed by atoms with E-state index in [1.54, 1.807) is 4.90 Å². The lowest BCUT2D eigenvalue weighted by Crippen LogP contribution is -2.50. The van der Waals surface area contributed by atoms with E-state index < -0.39 is 12.1 Å². The maximum atomic E-state index is 11.9. The normalized spacial score (nSPS) is 18.8. The lowest BCUT2D eigenvalue weighted by Gasteiger charge is -2.32. The Hall–Kier alpha value is -2.16. The lowest BCUT2D eigenvalue weighted by atomic mass is 10.2. The van der Waals surface area contributed by atoms with Crippen LogP contribution >= 0.6 is 0 Å². The highest BCUT2D eigenvalue weighted by Gasteiger charge is 2.25. The Morgan fingerprint density at radius 1 is 1.55 bits per heavy atom. The Morgan fingerprint density at radius 2 is 2.40 bits per heavy atom. The third-order valence-electron chi connectivity index (χ3n) is 2.86. The number of amides is 2. The van der Waals surface area contributed by atoms with Gasteiger partial charge in [0.05, 0.1) is 19.1 Å². The quantitative estimate of drug-likeness (QED) is 0.748. The number of aromatic nitrogens is 2. The lowest BCUT2D eigenvalue weighted by molar-refractivity contribution is -0.141. The van der Waals surface area contributed by atoms with Gasteiger partial charge < -0.3 is 24.6 Å². The van der Waals surface area contributed by atoms with Crippen LogP contribution in [0, 0.1) is 0 Å². The first kappa shape index (κ1) is 14.3. The van der Waals surface area contributed by atoms with Crippen molar-refractivity contribution in [2.24, 2.45) is 0 Å². The second kappa shape index (κ2) is 6.85. The number of carbonyl (C=O) groups is 2. The Bertz CT molecular complexity index is 450. The third-order valence-corrected chi connectivity index (χ3v) is 2.86. The van der Waals surface area contributed by atoms with Gasteiger partial charge in [0, 0.05) is 26.1 Å². The van der Waals surface area contributed by atoms with Gasteiger partial charge in [0.2, 0.25) is 6.39 Å². The fraction of sp³-hybridized carbons (Fsp3) is 0.636. The van der Waals surface area contributed by atoms with Crippen molar-refractivity contribution in [3.63, 3.8) is 0 Å². The molecule has 1 aromatic heterocycles. The number of hydrogen-bond donors (Lipinski definition) is 2. The third kappa shape index (κ3) is 4.19. The molecule has 1 fully saturated rings. The van der Waals surface area contributed by atoms with E-state index in [0.29, 0.717) is 31.9 Å². The zero-order chi connectivity index (χ0) is 14.4. The van der Waals surface area contributed by atoms with Crippen LogP contribution in [0.1, 0.15) is 12.2 Å². The maximum Gasteiger partial charge on any atom is 0.317 e. The molecule has 0 aliphatic carbocycles. The Kier molecular flexibility index (Phi) is 4.88. The van der Waals surface area contributed by atoms with Crippen LogP contribution in [0.25, 0.3) is 0 Å². The predicted molar refractivity (Wildman–Crippen MR) is 65.0 cm³/mol. The van der Waals surface area contributed by atoms with Crippen molar-refractivity contribution in [2.45, 2.75) is 18.9 Å². The molecule has 2 heterocycles. The molecule has 0 spiro atoms. The summed E-state index contributed by atoms with van der Waals surface area (Å²) in [5.74, 6) is -0.412. The van der Waals surface area contributed by atoms with E-state index in [1.165, 1.54) is 6.39 Å². The molecule has 1 aliphatic heterocycles. The summed E-state index contributed by atoms with van der Waals surface area (Å²) in [5, 5.41) is 15.1. The first-order valence-corrected chi connectivity index (χ1v) is 6.26. The summed E-state index contributed by atoms with van der Waals surface area (Å²) in [5.41, 5.74) is 0. The molecule has 1 unspecified atom stereocenters. The molecular weight excluding hydrogens is 268 g/mol. The first-order chi connectivity index (χ1) is 9.65. The molecule has 0 aromatic carbocycles. The van der Waals surface area contributed by atoms with Crippen LogP contribution in [0.15, 0.2) is 10.9 Å². The van der Waals surface area contributed by atoms with E-state index in [4.69, 9.17) is 9.84 Å². The van der Waals surface area contributed by atoms with E-state index in [1.807, 2.05) is 0 Å². The van der Waals surface area contributed by atoms with E-state index in [0.717, 1.165) is 0 Å². The van der Waals surface area contributed by atoms with Crippen LogP contribution in [0.5, 0.6) is 0 Å². The van der Waals surface area contributed by atoms with Gasteiger partial charge in [-0.15, -0.1) is 0 Å². The van der Waals surface area contributed by atoms with E-state index >= 15 is 0 Å². The summed E-state index contributed by atoms with van der Waals surface area (Å²) in [6.45, 7) is 1.46. The summed E-state index contributed by atoms with van der Waals surface area (Å²) in [4.78, 5) is 27.9. The van der Waals surface area contributed by atoms with Crippen LogP contribution in [-0.2, 0) is 16.0 Å². The molecule has 1 saturated heterocycles. The summed E-state index contributed by atoms with van der Waals surface area (Å²) in [7, 11) is 0. The largest absolute Gasteiger partial charge is 0.481 e. The van der Waals surface area contributed by atoms with Crippen LogP contribution in [0.4, 0.5) is 4.79 Å². The van der Waals surface area contributed by atoms with Gasteiger partial charge in [-0.25, -0.2) is 4.79 Å². The van der Waals surface area contributed by atoms with Crippen molar-refractivity contribution < 1.29 is 24.0 Å². The van der Waals surface area contributed by atoms with Crippen LogP contribution in [-0.4, -0.2) is 64.5 Å². The molecule has 2 N–H and O–H groups in total. The number of carboxylic acid groups (broad SMARTS) is 1. The zero-order valence-corrected chi connectivity index (χ0v) is 10.8. The average Bonchev–Trinajstić information content (AvgIpc) is 2.91. The highest BCUT2D eigenvalue weighted by Crippen LogP contribution is 2.08. The Morgan fingerprint density at radius 3 is 3.10 bits per heavy atom. The molecule has 1 atom stereocenters. The number of morpholine rings is 1. The van der Waals surface area contributed by atoms with Crippen LogP contribution < -0.4 is 5.32 Å². The predicted octanol–water partition coefficient (Wildman–Crippen LogP) is -0.503. The molecule has 0 saturated carbocycles. The second-order valence-electron chi connectivity index (χ2n) is 4.37. The SMILES string of the molecule is O=C(O)CC1CN(C(=O)NCCc2ncon2)CCO1. The van der Waals surface area contributed by atoms with E-state index in [9.17, 15) is 9.59 Å². The number of carboxylic acids is 1. The van der Waals surface area contributed by atoms with Gasteiger partial charge in [-0.2, -0.15) is 4.98 Å². The van der Waals surface area contributed by atoms with Gasteiger partial charge in [0.1, 0.15) is 0 Å². The van der Waals surface area contributed by atoms with Crippen LogP contribution in [0.2, 0.25) is 0 Å². The number of carbonyl (C=O) groups excluding carboxylic acids is 1. The Labute approximate surface area is 114 Å². The molecule has 1 aliphatic rings. The highest BCUT2D eigenvalue weighted by atomic mass is 16.5. The number of hydrogen-bond acceptors (Lipinski definition) is 6. The van der Waals surface area contributed by atoms with Crippen molar-refractivity contribution >= 4 is 12.0 Å². The van der Waals surface area contributed by atoms with Crippen molar-refractivity contribution in [3.05, 3.63) is 12.2 Å². The molecule has 2 rings (SSSR count). The van der Waals surface area contributed by atoms with Crippen molar-refractivity contribution in [3.8, 4) is 0 Å². The first-order valence-electron chi connectivity index (χ1n) is 6.26. The monoisotopic (exact) mass is 284 g/mol. The van der Waals surface area contributed by atoms with Crippen molar-refractivity contribution in [2.75, 3.05) is 26.2 Å². The number of nitrogens with zero attached hydrogens (tertiary/aromatic N) is 3. The summed E-state index contributed by atoms with van der Waals surface area (Å²) < 4.78 is 9.88. The number of rotatable bonds is 5. The topological polar surface area (TPSA) is 118 Å². The second-order valence-corrected chi connectivity index (χ2v) is 4.37. The minimum absolute atomic E-state index is 0.105. The average molecular weight is 284 g/mol. The molecule has 0 bridgehead atoms. The van der Waals surface area contributed by atoms with E-state index in [2.05, 4.69) is 20.0 Å². The summed E-state index contributed by atoms with van der Waals surface area (Å²) in [6, 6.07) is -0.243. The standard InChI is InChI=1S/C11H16N4O5/c16-10(17)5-8-6-15(3-4-19-8)11(18)12-2-1-9-13-7-20-14-9/h7-8H,1-6H2,(H,12,18)(H,16,17). The minimum atomic E-state index is -0.936. The maximum absolute atomic E-state index is 11.9. The molecule has 2 amide bonds. The van der Waals surface area contributed by atoms with Gasteiger partial charge in [0.25, 0.3) is 0 Å². The number of urea groups is 1.